The summed E-state index contributed by atoms with van der Waals surface area (Å²) in [6.45, 7) is 3.84. The van der Waals surface area contributed by atoms with Crippen LogP contribution in [0.2, 0.25) is 0 Å². The molecule has 332 valence electrons. The molecule has 0 aromatic carbocycles. The summed E-state index contributed by atoms with van der Waals surface area (Å²) in [6, 6.07) is -1.87. The summed E-state index contributed by atoms with van der Waals surface area (Å²) >= 11 is 0. The lowest BCUT2D eigenvalue weighted by Crippen LogP contribution is -2.47. The molecule has 0 aliphatic rings. The van der Waals surface area contributed by atoms with E-state index in [2.05, 4.69) is 16.0 Å². The fourth-order valence-electron chi connectivity index (χ4n) is 5.72. The Morgan fingerprint density at radius 3 is 1.35 bits per heavy atom. The maximum Gasteiger partial charge on any atom is 0.320 e. The zero-order valence-corrected chi connectivity index (χ0v) is 34.3. The van der Waals surface area contributed by atoms with E-state index in [1.807, 2.05) is 0 Å². The van der Waals surface area contributed by atoms with Gasteiger partial charge in [0.1, 0.15) is 12.1 Å². The molecular formula is C40H74N4O13. The summed E-state index contributed by atoms with van der Waals surface area (Å²) < 4.78 is 21.3. The molecule has 0 bridgehead atoms. The second-order valence-corrected chi connectivity index (χ2v) is 14.2. The number of carbonyl (C=O) groups excluding carboxylic acids is 3. The first-order chi connectivity index (χ1) is 27.5. The van der Waals surface area contributed by atoms with Gasteiger partial charge in [0.25, 0.3) is 0 Å². The van der Waals surface area contributed by atoms with Crippen LogP contribution >= 0.6 is 0 Å². The lowest BCUT2D eigenvalue weighted by Gasteiger charge is -2.18. The van der Waals surface area contributed by atoms with E-state index in [0.717, 1.165) is 38.5 Å². The van der Waals surface area contributed by atoms with Gasteiger partial charge in [-0.05, 0) is 38.5 Å². The number of carboxylic acids is 3. The normalized spacial score (nSPS) is 12.2. The van der Waals surface area contributed by atoms with E-state index in [0.29, 0.717) is 78.5 Å². The number of ether oxygens (including phenoxy) is 4. The van der Waals surface area contributed by atoms with E-state index in [-0.39, 0.29) is 57.1 Å². The highest BCUT2D eigenvalue weighted by atomic mass is 16.6. The van der Waals surface area contributed by atoms with Crippen LogP contribution in [0.1, 0.15) is 141 Å². The van der Waals surface area contributed by atoms with E-state index < -0.39 is 35.9 Å². The third kappa shape index (κ3) is 39.2. The number of amides is 3. The van der Waals surface area contributed by atoms with E-state index in [4.69, 9.17) is 40.0 Å². The summed E-state index contributed by atoms with van der Waals surface area (Å²) in [5.74, 6) is -3.67. The van der Waals surface area contributed by atoms with Crippen molar-refractivity contribution < 1.29 is 63.0 Å². The Bertz CT molecular complexity index is 1070. The Balaban J connectivity index is 3.59. The summed E-state index contributed by atoms with van der Waals surface area (Å²) in [4.78, 5) is 69.2. The number of carboxylic acid groups (broad SMARTS) is 3. The maximum absolute atomic E-state index is 12.6. The first-order valence-electron chi connectivity index (χ1n) is 21.1. The first kappa shape index (κ1) is 53.6. The van der Waals surface area contributed by atoms with Crippen LogP contribution < -0.4 is 21.7 Å². The molecule has 0 heterocycles. The average molecular weight is 819 g/mol. The second kappa shape index (κ2) is 39.4. The molecule has 0 aromatic heterocycles. The van der Waals surface area contributed by atoms with Gasteiger partial charge in [-0.3, -0.25) is 28.8 Å². The van der Waals surface area contributed by atoms with Crippen molar-refractivity contribution >= 4 is 35.6 Å². The minimum absolute atomic E-state index is 0.00582. The highest BCUT2D eigenvalue weighted by Gasteiger charge is 2.21. The number of nitrogens with one attached hydrogen (secondary N) is 3. The Morgan fingerprint density at radius 2 is 0.877 bits per heavy atom. The van der Waals surface area contributed by atoms with Crippen LogP contribution in [0, 0.1) is 0 Å². The molecular weight excluding hydrogens is 744 g/mol. The Kier molecular flexibility index (Phi) is 37.1. The Hall–Kier alpha value is -3.38. The van der Waals surface area contributed by atoms with Gasteiger partial charge in [-0.2, -0.15) is 0 Å². The smallest absolute Gasteiger partial charge is 0.320 e. The minimum atomic E-state index is -1.07. The number of aliphatic carboxylic acids is 3. The number of hydrogen-bond acceptors (Lipinski definition) is 11. The number of nitrogens with two attached hydrogens (primary N) is 1. The van der Waals surface area contributed by atoms with Crippen LogP contribution in [0.5, 0.6) is 0 Å². The molecule has 17 nitrogen and oxygen atoms in total. The monoisotopic (exact) mass is 819 g/mol. The average Bonchev–Trinajstić information content (AvgIpc) is 3.17. The van der Waals surface area contributed by atoms with Crippen molar-refractivity contribution in [3.63, 3.8) is 0 Å². The van der Waals surface area contributed by atoms with Gasteiger partial charge in [-0.25, -0.2) is 0 Å². The lowest BCUT2D eigenvalue weighted by atomic mass is 10.0. The van der Waals surface area contributed by atoms with Crippen LogP contribution in [-0.4, -0.2) is 129 Å². The Labute approximate surface area is 339 Å². The van der Waals surface area contributed by atoms with Gasteiger partial charge in [0, 0.05) is 32.4 Å². The number of carbonyl (C=O) groups is 6. The quantitative estimate of drug-likeness (QED) is 0.0430. The van der Waals surface area contributed by atoms with Crippen molar-refractivity contribution in [2.45, 2.75) is 153 Å². The zero-order valence-electron chi connectivity index (χ0n) is 34.3. The largest absolute Gasteiger partial charge is 0.481 e. The molecule has 0 saturated heterocycles. The number of hydrogen-bond donors (Lipinski definition) is 7. The summed E-state index contributed by atoms with van der Waals surface area (Å²) in [5, 5.41) is 34.6. The van der Waals surface area contributed by atoms with Crippen LogP contribution in [0.25, 0.3) is 0 Å². The van der Waals surface area contributed by atoms with Gasteiger partial charge in [-0.15, -0.1) is 0 Å². The molecule has 0 aromatic rings. The van der Waals surface area contributed by atoms with Crippen LogP contribution in [0.15, 0.2) is 0 Å². The highest BCUT2D eigenvalue weighted by Crippen LogP contribution is 2.14. The third-order valence-corrected chi connectivity index (χ3v) is 9.06. The van der Waals surface area contributed by atoms with Gasteiger partial charge in [-0.1, -0.05) is 77.0 Å². The molecule has 0 aliphatic heterocycles. The third-order valence-electron chi connectivity index (χ3n) is 9.06. The zero-order chi connectivity index (χ0) is 42.2. The van der Waals surface area contributed by atoms with Crippen molar-refractivity contribution in [2.75, 3.05) is 65.9 Å². The van der Waals surface area contributed by atoms with Crippen molar-refractivity contribution in [1.82, 2.24) is 16.0 Å². The summed E-state index contributed by atoms with van der Waals surface area (Å²) in [5.41, 5.74) is 5.47. The highest BCUT2D eigenvalue weighted by molar-refractivity contribution is 5.88. The molecule has 0 fully saturated rings. The number of unbranched alkanes of at least 4 members (excludes halogenated alkanes) is 14. The molecule has 2 atom stereocenters. The molecule has 0 unspecified atom stereocenters. The topological polar surface area (TPSA) is 262 Å². The van der Waals surface area contributed by atoms with Crippen LogP contribution in [0.4, 0.5) is 0 Å². The van der Waals surface area contributed by atoms with Gasteiger partial charge in [0.2, 0.25) is 17.7 Å². The minimum Gasteiger partial charge on any atom is -0.481 e. The molecule has 8 N–H and O–H groups in total. The maximum atomic E-state index is 12.6. The molecule has 0 rings (SSSR count). The molecule has 3 amide bonds. The van der Waals surface area contributed by atoms with Crippen molar-refractivity contribution in [1.29, 1.82) is 0 Å². The standard InChI is InChI=1S/C40H74N4O13/c41-33(40(52)53)17-15-16-23-43-39(51)34(20-21-37(47)48)44-36(46)19-14-12-10-8-6-4-2-1-3-5-7-9-11-13-18-35(45)42-24-26-55-28-30-57-32-31-56-29-27-54-25-22-38(49)50/h33-34H,1-32,41H2,(H,42,45)(H,43,51)(H,44,46)(H,47,48)(H,49,50)(H,52,53)/t33-,34-/m0/s1. The first-order valence-corrected chi connectivity index (χ1v) is 21.1. The predicted octanol–water partition coefficient (Wildman–Crippen LogP) is 3.93. The molecule has 57 heavy (non-hydrogen) atoms. The van der Waals surface area contributed by atoms with E-state index in [1.54, 1.807) is 0 Å². The van der Waals surface area contributed by atoms with E-state index >= 15 is 0 Å². The second-order valence-electron chi connectivity index (χ2n) is 14.2. The van der Waals surface area contributed by atoms with Gasteiger partial charge in [0.05, 0.1) is 59.3 Å². The van der Waals surface area contributed by atoms with Crippen LogP contribution in [-0.2, 0) is 47.7 Å². The van der Waals surface area contributed by atoms with E-state index in [9.17, 15) is 28.8 Å². The molecule has 0 spiro atoms. The summed E-state index contributed by atoms with van der Waals surface area (Å²) in [7, 11) is 0. The lowest BCUT2D eigenvalue weighted by molar-refractivity contribution is -0.139. The van der Waals surface area contributed by atoms with Crippen LogP contribution in [0.3, 0.4) is 0 Å². The molecule has 0 aliphatic carbocycles. The Morgan fingerprint density at radius 1 is 0.439 bits per heavy atom. The fraction of sp³-hybridized carbons (Fsp3) is 0.850. The van der Waals surface area contributed by atoms with Crippen molar-refractivity contribution in [3.05, 3.63) is 0 Å². The molecule has 17 heteroatoms. The van der Waals surface area contributed by atoms with Gasteiger partial charge in [0.15, 0.2) is 0 Å². The predicted molar refractivity (Wildman–Crippen MR) is 214 cm³/mol. The fourth-order valence-corrected chi connectivity index (χ4v) is 5.72. The van der Waals surface area contributed by atoms with Gasteiger partial charge >= 0.3 is 17.9 Å². The van der Waals surface area contributed by atoms with Crippen molar-refractivity contribution in [3.8, 4) is 0 Å². The molecule has 0 saturated carbocycles. The number of rotatable bonds is 43. The summed E-state index contributed by atoms with van der Waals surface area (Å²) in [6.07, 6.45) is 17.2. The SMILES string of the molecule is N[C@@H](CCCCNC(=O)[C@H](CCC(=O)O)NC(=O)CCCCCCCCCCCCCCCCC(=O)NCCOCCOCCOCCOCCC(=O)O)C(=O)O. The van der Waals surface area contributed by atoms with E-state index in [1.165, 1.54) is 44.9 Å². The van der Waals surface area contributed by atoms with Gasteiger partial charge < -0.3 is 56.0 Å². The van der Waals surface area contributed by atoms with Crippen molar-refractivity contribution in [2.24, 2.45) is 5.73 Å². The molecule has 0 radical (unpaired) electrons.